The van der Waals surface area contributed by atoms with Gasteiger partial charge in [-0.1, -0.05) is 12.0 Å². The van der Waals surface area contributed by atoms with Crippen LogP contribution in [0.2, 0.25) is 0 Å². The van der Waals surface area contributed by atoms with Crippen molar-refractivity contribution in [3.8, 4) is 0 Å². The molecule has 0 spiro atoms. The van der Waals surface area contributed by atoms with E-state index >= 15 is 0 Å². The third-order valence-corrected chi connectivity index (χ3v) is 3.24. The highest BCUT2D eigenvalue weighted by atomic mass is 35.5. The lowest BCUT2D eigenvalue weighted by molar-refractivity contribution is 0.481. The number of nitrogens with zero attached hydrogens (tertiary/aromatic N) is 3. The summed E-state index contributed by atoms with van der Waals surface area (Å²) in [6.07, 6.45) is 3.66. The molecule has 2 heterocycles. The van der Waals surface area contributed by atoms with E-state index in [0.29, 0.717) is 11.9 Å². The Morgan fingerprint density at radius 1 is 1.38 bits per heavy atom. The average molecular weight is 244 g/mol. The van der Waals surface area contributed by atoms with Crippen LogP contribution in [0.4, 0.5) is 6.01 Å². The molecule has 0 amide bonds. The first-order valence-electron chi connectivity index (χ1n) is 5.89. The van der Waals surface area contributed by atoms with Gasteiger partial charge in [-0.15, -0.1) is 16.7 Å². The van der Waals surface area contributed by atoms with Gasteiger partial charge in [0.15, 0.2) is 0 Å². The monoisotopic (exact) mass is 243 g/mol. The fourth-order valence-corrected chi connectivity index (χ4v) is 2.06. The fourth-order valence-electron chi connectivity index (χ4n) is 1.97. The Morgan fingerprint density at radius 3 is 2.88 bits per heavy atom. The van der Waals surface area contributed by atoms with Gasteiger partial charge >= 0.3 is 6.01 Å². The molecule has 0 aromatic carbocycles. The van der Waals surface area contributed by atoms with E-state index in [2.05, 4.69) is 22.0 Å². The summed E-state index contributed by atoms with van der Waals surface area (Å²) in [4.78, 5) is 2.17. The normalized spacial score (nSPS) is 24.2. The maximum Gasteiger partial charge on any atom is 0.318 e. The predicted molar refractivity (Wildman–Crippen MR) is 63.8 cm³/mol. The number of alkyl halides is 1. The van der Waals surface area contributed by atoms with Crippen molar-refractivity contribution in [3.63, 3.8) is 0 Å². The van der Waals surface area contributed by atoms with Gasteiger partial charge in [0.05, 0.1) is 0 Å². The van der Waals surface area contributed by atoms with Crippen LogP contribution in [-0.4, -0.2) is 23.3 Å². The summed E-state index contributed by atoms with van der Waals surface area (Å²) in [5, 5.41) is 7.79. The Hall–Kier alpha value is -0.770. The second-order valence-electron chi connectivity index (χ2n) is 4.56. The molecule has 1 aliphatic rings. The highest BCUT2D eigenvalue weighted by molar-refractivity contribution is 6.20. The topological polar surface area (TPSA) is 42.2 Å². The molecule has 1 aromatic rings. The largest absolute Gasteiger partial charge is 0.406 e. The molecule has 90 valence electrons. The second-order valence-corrected chi connectivity index (χ2v) is 5.22. The van der Waals surface area contributed by atoms with Crippen molar-refractivity contribution in [1.82, 2.24) is 10.2 Å². The molecule has 2 rings (SSSR count). The highest BCUT2D eigenvalue weighted by Crippen LogP contribution is 2.24. The van der Waals surface area contributed by atoms with Gasteiger partial charge in [-0.3, -0.25) is 0 Å². The van der Waals surface area contributed by atoms with Crippen LogP contribution in [0.1, 0.15) is 44.4 Å². The molecule has 1 fully saturated rings. The van der Waals surface area contributed by atoms with Crippen molar-refractivity contribution in [2.24, 2.45) is 5.92 Å². The zero-order valence-electron chi connectivity index (χ0n) is 9.82. The fraction of sp³-hybridized carbons (Fsp3) is 0.818. The zero-order chi connectivity index (χ0) is 11.5. The summed E-state index contributed by atoms with van der Waals surface area (Å²) in [5.41, 5.74) is 0. The number of hydrogen-bond acceptors (Lipinski definition) is 4. The first-order valence-corrected chi connectivity index (χ1v) is 6.33. The number of rotatable bonds is 2. The van der Waals surface area contributed by atoms with Crippen LogP contribution in [0, 0.1) is 5.92 Å². The van der Waals surface area contributed by atoms with Crippen LogP contribution in [0.3, 0.4) is 0 Å². The van der Waals surface area contributed by atoms with Crippen LogP contribution < -0.4 is 4.90 Å². The van der Waals surface area contributed by atoms with E-state index in [9.17, 15) is 0 Å². The average Bonchev–Trinajstić information content (AvgIpc) is 2.63. The SMILES string of the molecule is CC1CCCN(c2nnc(C(C)Cl)o2)CC1. The standard InChI is InChI=1S/C11H18ClN3O/c1-8-4-3-6-15(7-5-8)11-14-13-10(16-11)9(2)12/h8-9H,3-7H2,1-2H3. The van der Waals surface area contributed by atoms with Crippen LogP contribution in [-0.2, 0) is 0 Å². The summed E-state index contributed by atoms with van der Waals surface area (Å²) in [6.45, 7) is 6.13. The van der Waals surface area contributed by atoms with Crippen molar-refractivity contribution in [1.29, 1.82) is 0 Å². The summed E-state index contributed by atoms with van der Waals surface area (Å²) in [5.74, 6) is 1.30. The maximum atomic E-state index is 5.90. The summed E-state index contributed by atoms with van der Waals surface area (Å²) in [7, 11) is 0. The number of aromatic nitrogens is 2. The molecule has 1 aromatic heterocycles. The smallest absolute Gasteiger partial charge is 0.318 e. The summed E-state index contributed by atoms with van der Waals surface area (Å²) < 4.78 is 5.55. The molecule has 0 saturated carbocycles. The van der Waals surface area contributed by atoms with E-state index in [4.69, 9.17) is 16.0 Å². The molecule has 16 heavy (non-hydrogen) atoms. The summed E-state index contributed by atoms with van der Waals surface area (Å²) in [6, 6.07) is 0.622. The molecule has 1 aliphatic heterocycles. The van der Waals surface area contributed by atoms with Crippen molar-refractivity contribution in [2.75, 3.05) is 18.0 Å². The highest BCUT2D eigenvalue weighted by Gasteiger charge is 2.19. The van der Waals surface area contributed by atoms with Crippen molar-refractivity contribution >= 4 is 17.6 Å². The molecule has 1 saturated heterocycles. The van der Waals surface area contributed by atoms with Gasteiger partial charge in [0.1, 0.15) is 5.38 Å². The van der Waals surface area contributed by atoms with Gasteiger partial charge in [0, 0.05) is 13.1 Å². The van der Waals surface area contributed by atoms with Crippen LogP contribution in [0.15, 0.2) is 4.42 Å². The minimum atomic E-state index is -0.216. The Bertz CT molecular complexity index is 340. The number of hydrogen-bond donors (Lipinski definition) is 0. The van der Waals surface area contributed by atoms with Crippen molar-refractivity contribution < 1.29 is 4.42 Å². The minimum absolute atomic E-state index is 0.216. The lowest BCUT2D eigenvalue weighted by Crippen LogP contribution is -2.24. The molecule has 0 aliphatic carbocycles. The first-order chi connectivity index (χ1) is 7.66. The Morgan fingerprint density at radius 2 is 2.19 bits per heavy atom. The van der Waals surface area contributed by atoms with Gasteiger partial charge in [-0.25, -0.2) is 0 Å². The zero-order valence-corrected chi connectivity index (χ0v) is 10.6. The minimum Gasteiger partial charge on any atom is -0.406 e. The molecule has 2 atom stereocenters. The van der Waals surface area contributed by atoms with Gasteiger partial charge in [0.2, 0.25) is 5.89 Å². The maximum absolute atomic E-state index is 5.90. The third kappa shape index (κ3) is 2.67. The van der Waals surface area contributed by atoms with Crippen LogP contribution in [0.5, 0.6) is 0 Å². The molecule has 0 radical (unpaired) electrons. The van der Waals surface area contributed by atoms with Crippen LogP contribution in [0.25, 0.3) is 0 Å². The van der Waals surface area contributed by atoms with E-state index in [1.54, 1.807) is 0 Å². The second kappa shape index (κ2) is 5.04. The number of anilines is 1. The number of halogens is 1. The van der Waals surface area contributed by atoms with E-state index in [-0.39, 0.29) is 5.38 Å². The molecule has 0 bridgehead atoms. The van der Waals surface area contributed by atoms with E-state index in [0.717, 1.165) is 19.0 Å². The lowest BCUT2D eigenvalue weighted by Gasteiger charge is -2.16. The Kier molecular flexibility index (Phi) is 3.69. The van der Waals surface area contributed by atoms with Crippen LogP contribution >= 0.6 is 11.6 Å². The lowest BCUT2D eigenvalue weighted by atomic mass is 10.0. The van der Waals surface area contributed by atoms with Gasteiger partial charge in [-0.2, -0.15) is 0 Å². The Balaban J connectivity index is 2.05. The van der Waals surface area contributed by atoms with E-state index < -0.39 is 0 Å². The third-order valence-electron chi connectivity index (χ3n) is 3.06. The molecular weight excluding hydrogens is 226 g/mol. The molecular formula is C11H18ClN3O. The van der Waals surface area contributed by atoms with Crippen molar-refractivity contribution in [3.05, 3.63) is 5.89 Å². The summed E-state index contributed by atoms with van der Waals surface area (Å²) >= 11 is 5.90. The molecule has 5 heteroatoms. The van der Waals surface area contributed by atoms with Gasteiger partial charge in [-0.05, 0) is 32.1 Å². The van der Waals surface area contributed by atoms with Gasteiger partial charge in [0.25, 0.3) is 0 Å². The molecule has 0 N–H and O–H groups in total. The molecule has 2 unspecified atom stereocenters. The predicted octanol–water partition coefficient (Wildman–Crippen LogP) is 3.00. The van der Waals surface area contributed by atoms with Crippen molar-refractivity contribution in [2.45, 2.75) is 38.5 Å². The van der Waals surface area contributed by atoms with Gasteiger partial charge < -0.3 is 9.32 Å². The molecule has 4 nitrogen and oxygen atoms in total. The van der Waals surface area contributed by atoms with E-state index in [1.165, 1.54) is 19.3 Å². The Labute approximate surface area is 101 Å². The van der Waals surface area contributed by atoms with E-state index in [1.807, 2.05) is 6.92 Å². The first kappa shape index (κ1) is 11.7. The quantitative estimate of drug-likeness (QED) is 0.749.